The van der Waals surface area contributed by atoms with Gasteiger partial charge < -0.3 is 10.4 Å². The number of nitrogens with one attached hydrogen (secondary N) is 1. The topological polar surface area (TPSA) is 49.3 Å². The number of carbonyl (C=O) groups is 1. The van der Waals surface area contributed by atoms with Gasteiger partial charge in [-0.3, -0.25) is 4.79 Å². The Morgan fingerprint density at radius 2 is 1.95 bits per heavy atom. The predicted molar refractivity (Wildman–Crippen MR) is 74.9 cm³/mol. The van der Waals surface area contributed by atoms with Crippen LogP contribution >= 0.6 is 0 Å². The van der Waals surface area contributed by atoms with E-state index in [2.05, 4.69) is 5.32 Å². The first-order chi connectivity index (χ1) is 9.65. The molecule has 2 N–H and O–H groups in total. The minimum atomic E-state index is -0.275. The van der Waals surface area contributed by atoms with Crippen LogP contribution in [0, 0.1) is 5.82 Å². The molecule has 0 unspecified atom stereocenters. The van der Waals surface area contributed by atoms with Crippen molar-refractivity contribution < 1.29 is 14.3 Å². The molecule has 2 aromatic carbocycles. The molecule has 2 rings (SSSR count). The zero-order chi connectivity index (χ0) is 14.4. The Morgan fingerprint density at radius 3 is 2.70 bits per heavy atom. The number of phenolic OH excluding ortho intramolecular Hbond substituents is 1. The van der Waals surface area contributed by atoms with Crippen LogP contribution in [0.2, 0.25) is 0 Å². The number of benzene rings is 2. The van der Waals surface area contributed by atoms with Crippen molar-refractivity contribution in [2.24, 2.45) is 0 Å². The summed E-state index contributed by atoms with van der Waals surface area (Å²) in [7, 11) is 0. The van der Waals surface area contributed by atoms with E-state index < -0.39 is 0 Å². The first-order valence-electron chi connectivity index (χ1n) is 6.43. The maximum Gasteiger partial charge on any atom is 0.224 e. The van der Waals surface area contributed by atoms with Crippen LogP contribution < -0.4 is 5.32 Å². The van der Waals surface area contributed by atoms with Crippen molar-refractivity contribution in [3.8, 4) is 5.75 Å². The molecule has 0 bridgehead atoms. The van der Waals surface area contributed by atoms with Crippen LogP contribution in [0.4, 0.5) is 4.39 Å². The molecule has 3 nitrogen and oxygen atoms in total. The van der Waals surface area contributed by atoms with Crippen molar-refractivity contribution in [1.29, 1.82) is 0 Å². The summed E-state index contributed by atoms with van der Waals surface area (Å²) >= 11 is 0. The number of phenols is 1. The van der Waals surface area contributed by atoms with Crippen LogP contribution in [-0.2, 0) is 17.6 Å². The minimum Gasteiger partial charge on any atom is -0.508 e. The number of aromatic hydroxyl groups is 1. The summed E-state index contributed by atoms with van der Waals surface area (Å²) in [6.45, 7) is 0.440. The highest BCUT2D eigenvalue weighted by Gasteiger charge is 2.06. The summed E-state index contributed by atoms with van der Waals surface area (Å²) in [5.74, 6) is -0.321. The molecular weight excluding hydrogens is 257 g/mol. The molecule has 1 amide bonds. The van der Waals surface area contributed by atoms with Gasteiger partial charge in [-0.1, -0.05) is 30.3 Å². The second-order valence-electron chi connectivity index (χ2n) is 4.54. The molecule has 104 valence electrons. The molecule has 0 saturated carbocycles. The fourth-order valence-corrected chi connectivity index (χ4v) is 1.93. The summed E-state index contributed by atoms with van der Waals surface area (Å²) in [5, 5.41) is 12.3. The van der Waals surface area contributed by atoms with Crippen molar-refractivity contribution in [1.82, 2.24) is 5.32 Å². The molecule has 0 fully saturated rings. The van der Waals surface area contributed by atoms with Crippen LogP contribution in [0.25, 0.3) is 0 Å². The van der Waals surface area contributed by atoms with E-state index in [1.54, 1.807) is 30.3 Å². The fourth-order valence-electron chi connectivity index (χ4n) is 1.93. The maximum absolute atomic E-state index is 13.0. The van der Waals surface area contributed by atoms with E-state index in [0.717, 1.165) is 5.56 Å². The number of halogens is 1. The third-order valence-corrected chi connectivity index (χ3v) is 2.97. The lowest BCUT2D eigenvalue weighted by Gasteiger charge is -2.07. The Balaban J connectivity index is 1.80. The highest BCUT2D eigenvalue weighted by molar-refractivity contribution is 5.79. The van der Waals surface area contributed by atoms with Crippen LogP contribution in [-0.4, -0.2) is 17.6 Å². The Morgan fingerprint density at radius 1 is 1.15 bits per heavy atom. The van der Waals surface area contributed by atoms with Gasteiger partial charge in [-0.2, -0.15) is 0 Å². The van der Waals surface area contributed by atoms with Crippen LogP contribution in [0.1, 0.15) is 11.1 Å². The molecule has 20 heavy (non-hydrogen) atoms. The second kappa shape index (κ2) is 6.70. The lowest BCUT2D eigenvalue weighted by atomic mass is 10.1. The van der Waals surface area contributed by atoms with E-state index in [-0.39, 0.29) is 23.9 Å². The quantitative estimate of drug-likeness (QED) is 0.879. The summed E-state index contributed by atoms with van der Waals surface area (Å²) < 4.78 is 13.0. The highest BCUT2D eigenvalue weighted by atomic mass is 19.1. The van der Waals surface area contributed by atoms with E-state index >= 15 is 0 Å². The number of hydrogen-bond acceptors (Lipinski definition) is 2. The smallest absolute Gasteiger partial charge is 0.224 e. The predicted octanol–water partition coefficient (Wildman–Crippen LogP) is 2.43. The lowest BCUT2D eigenvalue weighted by Crippen LogP contribution is -2.27. The minimum absolute atomic E-state index is 0.118. The third-order valence-electron chi connectivity index (χ3n) is 2.97. The van der Waals surface area contributed by atoms with E-state index in [0.29, 0.717) is 18.5 Å². The van der Waals surface area contributed by atoms with Gasteiger partial charge >= 0.3 is 0 Å². The van der Waals surface area contributed by atoms with Crippen molar-refractivity contribution in [2.45, 2.75) is 12.8 Å². The maximum atomic E-state index is 13.0. The average Bonchev–Trinajstić information content (AvgIpc) is 2.41. The number of carbonyl (C=O) groups excluding carboxylic acids is 1. The first-order valence-corrected chi connectivity index (χ1v) is 6.43. The summed E-state index contributed by atoms with van der Waals surface area (Å²) in [6, 6.07) is 13.1. The Hall–Kier alpha value is -2.36. The Kier molecular flexibility index (Phi) is 4.71. The van der Waals surface area contributed by atoms with Gasteiger partial charge in [0.05, 0.1) is 6.42 Å². The summed E-state index contributed by atoms with van der Waals surface area (Å²) in [5.41, 5.74) is 1.43. The van der Waals surface area contributed by atoms with Gasteiger partial charge in [0.2, 0.25) is 5.91 Å². The molecule has 0 atom stereocenters. The molecule has 0 aliphatic carbocycles. The van der Waals surface area contributed by atoms with Crippen molar-refractivity contribution in [3.05, 3.63) is 65.5 Å². The zero-order valence-corrected chi connectivity index (χ0v) is 11.0. The van der Waals surface area contributed by atoms with Crippen molar-refractivity contribution in [3.63, 3.8) is 0 Å². The van der Waals surface area contributed by atoms with Gasteiger partial charge in [0.25, 0.3) is 0 Å². The average molecular weight is 273 g/mol. The van der Waals surface area contributed by atoms with E-state index in [4.69, 9.17) is 0 Å². The molecule has 0 spiro atoms. The monoisotopic (exact) mass is 273 g/mol. The zero-order valence-electron chi connectivity index (χ0n) is 11.0. The molecule has 0 aliphatic rings. The third kappa shape index (κ3) is 4.09. The van der Waals surface area contributed by atoms with Crippen molar-refractivity contribution in [2.75, 3.05) is 6.54 Å². The number of para-hydroxylation sites is 1. The molecule has 4 heteroatoms. The summed E-state index contributed by atoms with van der Waals surface area (Å²) in [6.07, 6.45) is 0.708. The van der Waals surface area contributed by atoms with Gasteiger partial charge in [-0.15, -0.1) is 0 Å². The number of rotatable bonds is 5. The van der Waals surface area contributed by atoms with Crippen LogP contribution in [0.3, 0.4) is 0 Å². The molecule has 0 heterocycles. The second-order valence-corrected chi connectivity index (χ2v) is 4.54. The van der Waals surface area contributed by atoms with Gasteiger partial charge in [-0.05, 0) is 30.2 Å². The Labute approximate surface area is 117 Å². The van der Waals surface area contributed by atoms with Crippen LogP contribution in [0.5, 0.6) is 5.75 Å². The van der Waals surface area contributed by atoms with E-state index in [9.17, 15) is 14.3 Å². The largest absolute Gasteiger partial charge is 0.508 e. The van der Waals surface area contributed by atoms with Gasteiger partial charge in [0, 0.05) is 12.1 Å². The van der Waals surface area contributed by atoms with Crippen LogP contribution in [0.15, 0.2) is 48.5 Å². The lowest BCUT2D eigenvalue weighted by molar-refractivity contribution is -0.120. The molecular formula is C16H16FNO2. The molecule has 0 saturated heterocycles. The SMILES string of the molecule is O=C(Cc1ccccc1O)NCCc1cccc(F)c1. The molecule has 2 aromatic rings. The Bertz CT molecular complexity index is 599. The molecule has 0 aromatic heterocycles. The van der Waals surface area contributed by atoms with Gasteiger partial charge in [0.15, 0.2) is 0 Å². The number of amides is 1. The normalized spacial score (nSPS) is 10.2. The summed E-state index contributed by atoms with van der Waals surface area (Å²) in [4.78, 5) is 11.7. The van der Waals surface area contributed by atoms with Gasteiger partial charge in [0.1, 0.15) is 11.6 Å². The highest BCUT2D eigenvalue weighted by Crippen LogP contribution is 2.15. The molecule has 0 radical (unpaired) electrons. The van der Waals surface area contributed by atoms with Gasteiger partial charge in [-0.25, -0.2) is 4.39 Å². The molecule has 0 aliphatic heterocycles. The first kappa shape index (κ1) is 14.1. The van der Waals surface area contributed by atoms with E-state index in [1.807, 2.05) is 6.07 Å². The van der Waals surface area contributed by atoms with E-state index in [1.165, 1.54) is 12.1 Å². The number of hydrogen-bond donors (Lipinski definition) is 2. The fraction of sp³-hybridized carbons (Fsp3) is 0.188. The standard InChI is InChI=1S/C16H16FNO2/c17-14-6-3-4-12(10-14)8-9-18-16(20)11-13-5-1-2-7-15(13)19/h1-7,10,19H,8-9,11H2,(H,18,20). The van der Waals surface area contributed by atoms with Crippen molar-refractivity contribution >= 4 is 5.91 Å².